The number of nitrogens with one attached hydrogen (secondary N) is 2. The van der Waals surface area contributed by atoms with Crippen molar-refractivity contribution in [3.63, 3.8) is 0 Å². The minimum absolute atomic E-state index is 0.0154. The number of anilines is 1. The number of benzene rings is 2. The van der Waals surface area contributed by atoms with Gasteiger partial charge in [-0.2, -0.15) is 16.9 Å². The van der Waals surface area contributed by atoms with E-state index in [0.29, 0.717) is 23.7 Å². The van der Waals surface area contributed by atoms with Gasteiger partial charge in [-0.05, 0) is 35.9 Å². The normalized spacial score (nSPS) is 12.2. The average Bonchev–Trinajstić information content (AvgIpc) is 3.40. The van der Waals surface area contributed by atoms with Gasteiger partial charge in [-0.25, -0.2) is 4.68 Å². The van der Waals surface area contributed by atoms with Gasteiger partial charge in [-0.3, -0.25) is 9.59 Å². The smallest absolute Gasteiger partial charge is 0.256 e. The van der Waals surface area contributed by atoms with E-state index in [1.165, 1.54) is 0 Å². The zero-order chi connectivity index (χ0) is 22.5. The molecule has 3 aromatic rings. The molecule has 9 heteroatoms. The lowest BCUT2D eigenvalue weighted by Crippen LogP contribution is -2.28. The van der Waals surface area contributed by atoms with E-state index in [-0.39, 0.29) is 18.4 Å². The Morgan fingerprint density at radius 2 is 1.84 bits per heavy atom. The molecule has 0 fully saturated rings. The van der Waals surface area contributed by atoms with Gasteiger partial charge in [0.05, 0.1) is 19.9 Å². The van der Waals surface area contributed by atoms with Gasteiger partial charge in [-0.15, -0.1) is 0 Å². The first-order chi connectivity index (χ1) is 15.6. The highest BCUT2D eigenvalue weighted by atomic mass is 32.2. The number of methoxy groups -OCH3 is 2. The fourth-order valence-corrected chi connectivity index (χ4v) is 4.44. The van der Waals surface area contributed by atoms with Crippen molar-refractivity contribution in [3.8, 4) is 11.5 Å². The molecule has 0 unspecified atom stereocenters. The summed E-state index contributed by atoms with van der Waals surface area (Å²) in [6.07, 6.45) is 0. The molecule has 2 amide bonds. The Kier molecular flexibility index (Phi) is 6.65. The lowest BCUT2D eigenvalue weighted by atomic mass is 10.2. The summed E-state index contributed by atoms with van der Waals surface area (Å²) in [5.41, 5.74) is 3.30. The Morgan fingerprint density at radius 3 is 2.59 bits per heavy atom. The van der Waals surface area contributed by atoms with Gasteiger partial charge in [0.25, 0.3) is 5.91 Å². The van der Waals surface area contributed by atoms with E-state index in [2.05, 4.69) is 15.7 Å². The predicted octanol–water partition coefficient (Wildman–Crippen LogP) is 3.22. The molecule has 2 aromatic carbocycles. The molecule has 4 rings (SSSR count). The Morgan fingerprint density at radius 1 is 1.06 bits per heavy atom. The minimum Gasteiger partial charge on any atom is -0.497 e. The summed E-state index contributed by atoms with van der Waals surface area (Å²) in [7, 11) is 3.17. The van der Waals surface area contributed by atoms with Crippen molar-refractivity contribution in [1.29, 1.82) is 0 Å². The number of hydrogen-bond acceptors (Lipinski definition) is 6. The zero-order valence-electron chi connectivity index (χ0n) is 17.9. The number of ether oxygens (including phenoxy) is 2. The zero-order valence-corrected chi connectivity index (χ0v) is 18.7. The topological polar surface area (TPSA) is 94.5 Å². The maximum Gasteiger partial charge on any atom is 0.256 e. The molecule has 1 aromatic heterocycles. The second-order valence-corrected chi connectivity index (χ2v) is 8.22. The Hall–Kier alpha value is -3.46. The average molecular weight is 453 g/mol. The van der Waals surface area contributed by atoms with Crippen LogP contribution in [0.5, 0.6) is 11.5 Å². The summed E-state index contributed by atoms with van der Waals surface area (Å²) < 4.78 is 11.9. The third kappa shape index (κ3) is 4.88. The van der Waals surface area contributed by atoms with E-state index in [4.69, 9.17) is 9.47 Å². The molecule has 0 bridgehead atoms. The van der Waals surface area contributed by atoms with Gasteiger partial charge >= 0.3 is 0 Å². The van der Waals surface area contributed by atoms with E-state index in [1.54, 1.807) is 54.9 Å². The molecule has 2 heterocycles. The number of rotatable bonds is 8. The number of hydrogen-bond donors (Lipinski definition) is 2. The summed E-state index contributed by atoms with van der Waals surface area (Å²) in [6.45, 7) is 0.409. The number of amides is 2. The molecule has 0 atom stereocenters. The molecule has 0 spiro atoms. The molecule has 0 saturated carbocycles. The fourth-order valence-electron chi connectivity index (χ4n) is 3.40. The molecule has 0 aliphatic carbocycles. The third-order valence-corrected chi connectivity index (χ3v) is 6.10. The Bertz CT molecular complexity index is 1130. The first kappa shape index (κ1) is 21.8. The van der Waals surface area contributed by atoms with Crippen molar-refractivity contribution in [2.45, 2.75) is 24.6 Å². The molecule has 1 aliphatic rings. The number of carbonyl (C=O) groups is 2. The van der Waals surface area contributed by atoms with E-state index in [0.717, 1.165) is 34.1 Å². The first-order valence-corrected chi connectivity index (χ1v) is 11.2. The monoisotopic (exact) mass is 452 g/mol. The van der Waals surface area contributed by atoms with Crippen molar-refractivity contribution < 1.29 is 19.1 Å². The molecular formula is C23H24N4O4S. The van der Waals surface area contributed by atoms with Crippen LogP contribution in [0.3, 0.4) is 0 Å². The number of thioether (sulfide) groups is 1. The van der Waals surface area contributed by atoms with Crippen LogP contribution in [0.4, 0.5) is 5.82 Å². The number of fused-ring (bicyclic) bond motifs is 1. The predicted molar refractivity (Wildman–Crippen MR) is 123 cm³/mol. The van der Waals surface area contributed by atoms with Gasteiger partial charge in [0.2, 0.25) is 5.91 Å². The first-order valence-electron chi connectivity index (χ1n) is 10.1. The van der Waals surface area contributed by atoms with Crippen LogP contribution in [0.1, 0.15) is 27.2 Å². The quantitative estimate of drug-likeness (QED) is 0.545. The molecule has 1 aliphatic heterocycles. The van der Waals surface area contributed by atoms with Gasteiger partial charge in [0.1, 0.15) is 23.9 Å². The molecule has 8 nitrogen and oxygen atoms in total. The maximum atomic E-state index is 12.9. The lowest BCUT2D eigenvalue weighted by Gasteiger charge is -2.12. The molecular weight excluding hydrogens is 428 g/mol. The second-order valence-electron chi connectivity index (χ2n) is 7.24. The van der Waals surface area contributed by atoms with Crippen molar-refractivity contribution in [1.82, 2.24) is 15.1 Å². The second kappa shape index (κ2) is 9.78. The number of carbonyl (C=O) groups excluding carboxylic acids is 2. The minimum atomic E-state index is -0.275. The van der Waals surface area contributed by atoms with Crippen LogP contribution in [0, 0.1) is 0 Å². The number of aromatic nitrogens is 2. The molecule has 0 saturated heterocycles. The van der Waals surface area contributed by atoms with E-state index < -0.39 is 0 Å². The van der Waals surface area contributed by atoms with Gasteiger partial charge in [-0.1, -0.05) is 18.2 Å². The van der Waals surface area contributed by atoms with Crippen LogP contribution >= 0.6 is 11.8 Å². The van der Waals surface area contributed by atoms with E-state index in [1.807, 2.05) is 24.3 Å². The standard InChI is InChI=1S/C23H24N4O4S/c1-30-17-8-6-15(7-9-17)11-24-21(28)12-27-22(19-13-32-14-20(19)26-27)25-23(29)16-4-3-5-18(10-16)31-2/h3-10H,11-14H2,1-2H3,(H,24,28)(H,25,29). The fraction of sp³-hybridized carbons (Fsp3) is 0.261. The van der Waals surface area contributed by atoms with Crippen molar-refractivity contribution >= 4 is 29.4 Å². The third-order valence-electron chi connectivity index (χ3n) is 5.12. The van der Waals surface area contributed by atoms with Crippen LogP contribution < -0.4 is 20.1 Å². The number of nitrogens with zero attached hydrogens (tertiary/aromatic N) is 2. The highest BCUT2D eigenvalue weighted by Crippen LogP contribution is 2.35. The van der Waals surface area contributed by atoms with Crippen LogP contribution in [-0.4, -0.2) is 35.8 Å². The van der Waals surface area contributed by atoms with E-state index in [9.17, 15) is 9.59 Å². The van der Waals surface area contributed by atoms with Crippen LogP contribution in [0.25, 0.3) is 0 Å². The molecule has 0 radical (unpaired) electrons. The van der Waals surface area contributed by atoms with Crippen LogP contribution in [0.15, 0.2) is 48.5 Å². The molecule has 166 valence electrons. The summed E-state index contributed by atoms with van der Waals surface area (Å²) >= 11 is 1.73. The highest BCUT2D eigenvalue weighted by Gasteiger charge is 2.25. The lowest BCUT2D eigenvalue weighted by molar-refractivity contribution is -0.122. The summed E-state index contributed by atoms with van der Waals surface area (Å²) in [5.74, 6) is 2.98. The molecule has 32 heavy (non-hydrogen) atoms. The van der Waals surface area contributed by atoms with Crippen LogP contribution in [0.2, 0.25) is 0 Å². The van der Waals surface area contributed by atoms with Crippen molar-refractivity contribution in [2.24, 2.45) is 0 Å². The largest absolute Gasteiger partial charge is 0.497 e. The Labute approximate surface area is 190 Å². The van der Waals surface area contributed by atoms with Crippen molar-refractivity contribution in [2.75, 3.05) is 19.5 Å². The summed E-state index contributed by atoms with van der Waals surface area (Å²) in [5, 5.41) is 10.4. The van der Waals surface area contributed by atoms with Gasteiger partial charge < -0.3 is 20.1 Å². The highest BCUT2D eigenvalue weighted by molar-refractivity contribution is 7.98. The van der Waals surface area contributed by atoms with Crippen LogP contribution in [-0.2, 0) is 29.4 Å². The summed E-state index contributed by atoms with van der Waals surface area (Å²) in [6, 6.07) is 14.4. The van der Waals surface area contributed by atoms with Gasteiger partial charge in [0, 0.05) is 29.2 Å². The van der Waals surface area contributed by atoms with Crippen molar-refractivity contribution in [3.05, 3.63) is 70.9 Å². The van der Waals surface area contributed by atoms with Gasteiger partial charge in [0.15, 0.2) is 0 Å². The maximum absolute atomic E-state index is 12.9. The molecule has 2 N–H and O–H groups in total. The summed E-state index contributed by atoms with van der Waals surface area (Å²) in [4.78, 5) is 25.5. The van der Waals surface area contributed by atoms with E-state index >= 15 is 0 Å². The Balaban J connectivity index is 1.45. The SMILES string of the molecule is COc1ccc(CNC(=O)Cn2nc3c(c2NC(=O)c2cccc(OC)c2)CSC3)cc1.